The van der Waals surface area contributed by atoms with Crippen LogP contribution in [0.5, 0.6) is 0 Å². The van der Waals surface area contributed by atoms with Gasteiger partial charge in [-0.1, -0.05) is 117 Å². The summed E-state index contributed by atoms with van der Waals surface area (Å²) in [6.07, 6.45) is 25.3. The number of hydrogen-bond donors (Lipinski definition) is 2. The van der Waals surface area contributed by atoms with Crippen LogP contribution in [0.15, 0.2) is 0 Å². The van der Waals surface area contributed by atoms with Gasteiger partial charge in [0.05, 0.1) is 0 Å². The van der Waals surface area contributed by atoms with Crippen LogP contribution in [0.4, 0.5) is 0 Å². The number of esters is 2. The maximum atomic E-state index is 12.2. The molecule has 0 saturated carbocycles. The number of carbonyl (C=O) groups is 2. The van der Waals surface area contributed by atoms with E-state index in [0.717, 1.165) is 58.2 Å². The smallest absolute Gasteiger partial charge is 0.305 e. The van der Waals surface area contributed by atoms with Crippen LogP contribution in [-0.4, -0.2) is 69.3 Å². The van der Waals surface area contributed by atoms with Gasteiger partial charge in [-0.25, -0.2) is 0 Å². The van der Waals surface area contributed by atoms with Gasteiger partial charge in [0.2, 0.25) is 0 Å². The van der Waals surface area contributed by atoms with E-state index >= 15 is 0 Å². The molecule has 0 rings (SSSR count). The quantitative estimate of drug-likeness (QED) is 0.0568. The highest BCUT2D eigenvalue weighted by atomic mass is 35.5. The molecule has 0 atom stereocenters. The Labute approximate surface area is 266 Å². The maximum Gasteiger partial charge on any atom is 0.305 e. The number of halogens is 1. The van der Waals surface area contributed by atoms with E-state index in [-0.39, 0.29) is 24.3 Å². The molecule has 0 aromatic rings. The summed E-state index contributed by atoms with van der Waals surface area (Å²) in [5.41, 5.74) is 5.56. The molecule has 0 aliphatic rings. The third kappa shape index (κ3) is 33.6. The standard InChI is InChI=1S/C34H69N3O4.ClH/c1-3-5-7-9-11-13-15-17-19-23-33(38)40-31-29-37(28-22-27-36-26-21-25-35)30-32-41-34(39)24-20-18-16-14-12-10-8-6-4-2;/h36H,3-32,35H2,1-2H3;1H. The number of rotatable bonds is 33. The van der Waals surface area contributed by atoms with Gasteiger partial charge < -0.3 is 20.5 Å². The van der Waals surface area contributed by atoms with Crippen molar-refractivity contribution in [2.45, 2.75) is 155 Å². The Balaban J connectivity index is 0. The molecule has 0 aromatic heterocycles. The molecule has 0 heterocycles. The monoisotopic (exact) mass is 620 g/mol. The second-order valence-corrected chi connectivity index (χ2v) is 11.7. The molecule has 0 fully saturated rings. The van der Waals surface area contributed by atoms with Gasteiger partial charge in [-0.3, -0.25) is 14.5 Å². The molecule has 0 saturated heterocycles. The first-order valence-electron chi connectivity index (χ1n) is 17.6. The van der Waals surface area contributed by atoms with Crippen LogP contribution in [0.1, 0.15) is 155 Å². The Morgan fingerprint density at radius 3 is 1.33 bits per heavy atom. The summed E-state index contributed by atoms with van der Waals surface area (Å²) in [6.45, 7) is 10.1. The normalized spacial score (nSPS) is 11.0. The average Bonchev–Trinajstić information content (AvgIpc) is 2.97. The molecule has 0 radical (unpaired) electrons. The first-order chi connectivity index (χ1) is 20.1. The third-order valence-corrected chi connectivity index (χ3v) is 7.70. The van der Waals surface area contributed by atoms with Crippen molar-refractivity contribution in [2.75, 3.05) is 52.5 Å². The second kappa shape index (κ2) is 36.3. The van der Waals surface area contributed by atoms with Crippen molar-refractivity contribution < 1.29 is 19.1 Å². The molecule has 3 N–H and O–H groups in total. The van der Waals surface area contributed by atoms with Crippen LogP contribution in [-0.2, 0) is 19.1 Å². The molecule has 0 aromatic carbocycles. The van der Waals surface area contributed by atoms with Crippen LogP contribution < -0.4 is 11.1 Å². The SMILES string of the molecule is CCCCCCCCCCCC(=O)OCCN(CCCNCCCN)CCOC(=O)CCCCCCCCCCC.Cl. The predicted octanol–water partition coefficient (Wildman–Crippen LogP) is 7.97. The molecule has 7 nitrogen and oxygen atoms in total. The molecule has 8 heteroatoms. The van der Waals surface area contributed by atoms with Gasteiger partial charge in [-0.05, 0) is 51.9 Å². The van der Waals surface area contributed by atoms with Crippen molar-refractivity contribution in [3.8, 4) is 0 Å². The minimum atomic E-state index is -0.0938. The fraction of sp³-hybridized carbons (Fsp3) is 0.941. The summed E-state index contributed by atoms with van der Waals surface area (Å²) in [5.74, 6) is -0.188. The average molecular weight is 620 g/mol. The van der Waals surface area contributed by atoms with Crippen LogP contribution in [0.25, 0.3) is 0 Å². The van der Waals surface area contributed by atoms with E-state index < -0.39 is 0 Å². The Hall–Kier alpha value is -0.890. The van der Waals surface area contributed by atoms with Gasteiger partial charge in [-0.15, -0.1) is 12.4 Å². The van der Waals surface area contributed by atoms with Gasteiger partial charge in [0.15, 0.2) is 0 Å². The maximum absolute atomic E-state index is 12.2. The zero-order chi connectivity index (χ0) is 30.1. The Morgan fingerprint density at radius 2 is 0.929 bits per heavy atom. The molecule has 0 amide bonds. The summed E-state index contributed by atoms with van der Waals surface area (Å²) < 4.78 is 11.1. The Morgan fingerprint density at radius 1 is 0.548 bits per heavy atom. The molecule has 0 unspecified atom stereocenters. The zero-order valence-electron chi connectivity index (χ0n) is 27.8. The van der Waals surface area contributed by atoms with Crippen molar-refractivity contribution in [3.63, 3.8) is 0 Å². The molecule has 0 spiro atoms. The third-order valence-electron chi connectivity index (χ3n) is 7.70. The topological polar surface area (TPSA) is 93.9 Å². The van der Waals surface area contributed by atoms with Crippen molar-refractivity contribution in [1.82, 2.24) is 10.2 Å². The lowest BCUT2D eigenvalue weighted by atomic mass is 10.1. The van der Waals surface area contributed by atoms with Gasteiger partial charge in [-0.2, -0.15) is 0 Å². The van der Waals surface area contributed by atoms with E-state index in [0.29, 0.717) is 45.7 Å². The fourth-order valence-electron chi connectivity index (χ4n) is 5.00. The molecule has 252 valence electrons. The number of nitrogens with zero attached hydrogens (tertiary/aromatic N) is 1. The minimum absolute atomic E-state index is 0. The Bertz CT molecular complexity index is 529. The van der Waals surface area contributed by atoms with E-state index in [2.05, 4.69) is 24.1 Å². The van der Waals surface area contributed by atoms with Crippen LogP contribution in [0.2, 0.25) is 0 Å². The highest BCUT2D eigenvalue weighted by Crippen LogP contribution is 2.12. The van der Waals surface area contributed by atoms with Crippen molar-refractivity contribution >= 4 is 24.3 Å². The first-order valence-corrected chi connectivity index (χ1v) is 17.6. The van der Waals surface area contributed by atoms with Crippen LogP contribution >= 0.6 is 12.4 Å². The lowest BCUT2D eigenvalue weighted by molar-refractivity contribution is -0.144. The number of ether oxygens (including phenoxy) is 2. The molecule has 0 aliphatic carbocycles. The highest BCUT2D eigenvalue weighted by Gasteiger charge is 2.10. The summed E-state index contributed by atoms with van der Waals surface area (Å²) in [4.78, 5) is 26.6. The van der Waals surface area contributed by atoms with E-state index in [9.17, 15) is 9.59 Å². The largest absolute Gasteiger partial charge is 0.464 e. The molecule has 42 heavy (non-hydrogen) atoms. The number of unbranched alkanes of at least 4 members (excludes halogenated alkanes) is 16. The lowest BCUT2D eigenvalue weighted by Gasteiger charge is -2.22. The molecule has 0 bridgehead atoms. The van der Waals surface area contributed by atoms with Crippen LogP contribution in [0, 0.1) is 0 Å². The fourth-order valence-corrected chi connectivity index (χ4v) is 5.00. The second-order valence-electron chi connectivity index (χ2n) is 11.7. The Kier molecular flexibility index (Phi) is 37.4. The summed E-state index contributed by atoms with van der Waals surface area (Å²) >= 11 is 0. The van der Waals surface area contributed by atoms with Gasteiger partial charge >= 0.3 is 11.9 Å². The summed E-state index contributed by atoms with van der Waals surface area (Å²) in [7, 11) is 0. The van der Waals surface area contributed by atoms with E-state index in [1.165, 1.54) is 89.9 Å². The van der Waals surface area contributed by atoms with Gasteiger partial charge in [0.1, 0.15) is 13.2 Å². The molecular weight excluding hydrogens is 550 g/mol. The van der Waals surface area contributed by atoms with E-state index in [4.69, 9.17) is 15.2 Å². The number of carbonyl (C=O) groups excluding carboxylic acids is 2. The van der Waals surface area contributed by atoms with Crippen molar-refractivity contribution in [1.29, 1.82) is 0 Å². The number of nitrogens with one attached hydrogen (secondary N) is 1. The highest BCUT2D eigenvalue weighted by molar-refractivity contribution is 5.85. The first kappa shape index (κ1) is 43.2. The van der Waals surface area contributed by atoms with Crippen molar-refractivity contribution in [2.24, 2.45) is 5.73 Å². The lowest BCUT2D eigenvalue weighted by Crippen LogP contribution is -2.34. The molecular formula is C34H70ClN3O4. The van der Waals surface area contributed by atoms with Crippen LogP contribution in [0.3, 0.4) is 0 Å². The zero-order valence-corrected chi connectivity index (χ0v) is 28.6. The minimum Gasteiger partial charge on any atom is -0.464 e. The van der Waals surface area contributed by atoms with Gasteiger partial charge in [0, 0.05) is 25.9 Å². The predicted molar refractivity (Wildman–Crippen MR) is 180 cm³/mol. The van der Waals surface area contributed by atoms with Gasteiger partial charge in [0.25, 0.3) is 0 Å². The number of hydrogen-bond acceptors (Lipinski definition) is 7. The van der Waals surface area contributed by atoms with E-state index in [1.54, 1.807) is 0 Å². The molecule has 0 aliphatic heterocycles. The summed E-state index contributed by atoms with van der Waals surface area (Å²) in [6, 6.07) is 0. The summed E-state index contributed by atoms with van der Waals surface area (Å²) in [5, 5.41) is 3.41. The van der Waals surface area contributed by atoms with Crippen molar-refractivity contribution in [3.05, 3.63) is 0 Å². The van der Waals surface area contributed by atoms with E-state index in [1.807, 2.05) is 0 Å². The number of nitrogens with two attached hydrogens (primary N) is 1.